The van der Waals surface area contributed by atoms with E-state index in [-0.39, 0.29) is 6.04 Å². The first-order valence-corrected chi connectivity index (χ1v) is 4.81. The first kappa shape index (κ1) is 11.3. The van der Waals surface area contributed by atoms with Gasteiger partial charge >= 0.3 is 6.09 Å². The molecule has 1 amide bonds. The normalized spacial score (nSPS) is 23.9. The Kier molecular flexibility index (Phi) is 3.71. The maximum atomic E-state index is 10.8. The molecule has 5 nitrogen and oxygen atoms in total. The van der Waals surface area contributed by atoms with Crippen molar-refractivity contribution >= 4 is 6.09 Å². The SMILES string of the molecule is C[C](C)C([C@@H]1CCNC1)N(N)C(=O)O. The van der Waals surface area contributed by atoms with Crippen molar-refractivity contribution in [3.63, 3.8) is 0 Å². The molecule has 0 saturated carbocycles. The molecule has 1 fully saturated rings. The van der Waals surface area contributed by atoms with E-state index < -0.39 is 6.09 Å². The molecule has 0 aromatic rings. The summed E-state index contributed by atoms with van der Waals surface area (Å²) in [7, 11) is 0. The summed E-state index contributed by atoms with van der Waals surface area (Å²) in [5.74, 6) is 6.88. The summed E-state index contributed by atoms with van der Waals surface area (Å²) in [5, 5.41) is 13.0. The predicted octanol–water partition coefficient (Wildman–Crippen LogP) is 0.432. The zero-order valence-electron chi connectivity index (χ0n) is 8.66. The molecule has 0 spiro atoms. The average molecular weight is 200 g/mol. The van der Waals surface area contributed by atoms with E-state index in [1.807, 2.05) is 13.8 Å². The van der Waals surface area contributed by atoms with Crippen LogP contribution in [-0.4, -0.2) is 35.3 Å². The Labute approximate surface area is 84.2 Å². The largest absolute Gasteiger partial charge is 0.464 e. The van der Waals surface area contributed by atoms with Crippen molar-refractivity contribution in [2.24, 2.45) is 11.8 Å². The van der Waals surface area contributed by atoms with Crippen molar-refractivity contribution in [1.29, 1.82) is 0 Å². The summed E-state index contributed by atoms with van der Waals surface area (Å²) in [6.45, 7) is 5.64. The van der Waals surface area contributed by atoms with Gasteiger partial charge in [-0.2, -0.15) is 0 Å². The molecule has 4 N–H and O–H groups in total. The van der Waals surface area contributed by atoms with Crippen LogP contribution in [0.2, 0.25) is 0 Å². The minimum absolute atomic E-state index is 0.164. The van der Waals surface area contributed by atoms with Gasteiger partial charge in [0, 0.05) is 6.54 Å². The topological polar surface area (TPSA) is 78.6 Å². The number of amides is 1. The van der Waals surface area contributed by atoms with E-state index in [0.29, 0.717) is 5.92 Å². The van der Waals surface area contributed by atoms with Crippen LogP contribution in [0.5, 0.6) is 0 Å². The number of nitrogens with one attached hydrogen (secondary N) is 1. The van der Waals surface area contributed by atoms with Gasteiger partial charge in [-0.15, -0.1) is 0 Å². The van der Waals surface area contributed by atoms with Crippen LogP contribution in [0.1, 0.15) is 20.3 Å². The molecular weight excluding hydrogens is 182 g/mol. The average Bonchev–Trinajstić information content (AvgIpc) is 2.56. The summed E-state index contributed by atoms with van der Waals surface area (Å²) in [6, 6.07) is -0.164. The van der Waals surface area contributed by atoms with E-state index in [1.165, 1.54) is 0 Å². The number of carbonyl (C=O) groups is 1. The van der Waals surface area contributed by atoms with Crippen LogP contribution in [0.3, 0.4) is 0 Å². The molecule has 0 aromatic carbocycles. The molecule has 0 aliphatic carbocycles. The first-order chi connectivity index (χ1) is 6.54. The van der Waals surface area contributed by atoms with Crippen LogP contribution in [-0.2, 0) is 0 Å². The fourth-order valence-electron chi connectivity index (χ4n) is 2.04. The van der Waals surface area contributed by atoms with Gasteiger partial charge in [-0.05, 0) is 24.8 Å². The van der Waals surface area contributed by atoms with Crippen LogP contribution < -0.4 is 11.2 Å². The maximum absolute atomic E-state index is 10.8. The molecule has 1 heterocycles. The summed E-state index contributed by atoms with van der Waals surface area (Å²) in [4.78, 5) is 10.8. The fourth-order valence-corrected chi connectivity index (χ4v) is 2.04. The number of hydrogen-bond acceptors (Lipinski definition) is 3. The molecule has 2 atom stereocenters. The Morgan fingerprint density at radius 3 is 2.64 bits per heavy atom. The molecule has 1 rings (SSSR count). The molecule has 1 aliphatic heterocycles. The molecule has 0 aromatic heterocycles. The molecule has 81 valence electrons. The van der Waals surface area contributed by atoms with Crippen molar-refractivity contribution < 1.29 is 9.90 Å². The summed E-state index contributed by atoms with van der Waals surface area (Å²) < 4.78 is 0. The Hall–Kier alpha value is -0.810. The molecule has 5 heteroatoms. The lowest BCUT2D eigenvalue weighted by atomic mass is 9.89. The van der Waals surface area contributed by atoms with E-state index in [4.69, 9.17) is 10.9 Å². The minimum Gasteiger partial charge on any atom is -0.464 e. The number of rotatable bonds is 3. The monoisotopic (exact) mass is 200 g/mol. The quantitative estimate of drug-likeness (QED) is 0.351. The van der Waals surface area contributed by atoms with Crippen LogP contribution in [0.15, 0.2) is 0 Å². The minimum atomic E-state index is -1.07. The van der Waals surface area contributed by atoms with Gasteiger partial charge in [-0.3, -0.25) is 0 Å². The van der Waals surface area contributed by atoms with E-state index in [1.54, 1.807) is 0 Å². The standard InChI is InChI=1S/C9H18N3O2/c1-6(2)8(12(10)9(13)14)7-3-4-11-5-7/h7-8,11H,3-5,10H2,1-2H3,(H,13,14)/t7-,8?/m1/s1. The zero-order chi connectivity index (χ0) is 10.7. The molecular formula is C9H18N3O2. The zero-order valence-corrected chi connectivity index (χ0v) is 8.66. The van der Waals surface area contributed by atoms with Crippen molar-refractivity contribution in [3.8, 4) is 0 Å². The van der Waals surface area contributed by atoms with Crippen LogP contribution in [0.25, 0.3) is 0 Å². The number of nitrogens with zero attached hydrogens (tertiary/aromatic N) is 1. The Balaban J connectivity index is 2.67. The smallest absolute Gasteiger partial charge is 0.421 e. The second-order valence-electron chi connectivity index (χ2n) is 3.96. The Bertz CT molecular complexity index is 202. The highest BCUT2D eigenvalue weighted by Gasteiger charge is 2.33. The first-order valence-electron chi connectivity index (χ1n) is 4.81. The van der Waals surface area contributed by atoms with Crippen LogP contribution in [0.4, 0.5) is 4.79 Å². The Morgan fingerprint density at radius 1 is 1.64 bits per heavy atom. The molecule has 1 saturated heterocycles. The lowest BCUT2D eigenvalue weighted by Crippen LogP contribution is -2.51. The van der Waals surface area contributed by atoms with Gasteiger partial charge in [0.15, 0.2) is 0 Å². The van der Waals surface area contributed by atoms with Gasteiger partial charge in [0.05, 0.1) is 6.04 Å². The van der Waals surface area contributed by atoms with E-state index in [0.717, 1.165) is 30.4 Å². The highest BCUT2D eigenvalue weighted by Crippen LogP contribution is 2.23. The van der Waals surface area contributed by atoms with E-state index in [2.05, 4.69) is 5.32 Å². The van der Waals surface area contributed by atoms with Gasteiger partial charge < -0.3 is 10.4 Å². The van der Waals surface area contributed by atoms with Crippen molar-refractivity contribution in [1.82, 2.24) is 10.3 Å². The summed E-state index contributed by atoms with van der Waals surface area (Å²) in [5.41, 5.74) is 0. The van der Waals surface area contributed by atoms with Crippen molar-refractivity contribution in [3.05, 3.63) is 5.92 Å². The van der Waals surface area contributed by atoms with Crippen molar-refractivity contribution in [2.45, 2.75) is 26.3 Å². The highest BCUT2D eigenvalue weighted by molar-refractivity contribution is 5.65. The lowest BCUT2D eigenvalue weighted by molar-refractivity contribution is 0.111. The highest BCUT2D eigenvalue weighted by atomic mass is 16.4. The number of hydrogen-bond donors (Lipinski definition) is 3. The van der Waals surface area contributed by atoms with Gasteiger partial charge in [0.2, 0.25) is 0 Å². The number of nitrogens with two attached hydrogens (primary N) is 1. The van der Waals surface area contributed by atoms with Crippen LogP contribution >= 0.6 is 0 Å². The number of hydrazine groups is 1. The fraction of sp³-hybridized carbons (Fsp3) is 0.778. The molecule has 1 radical (unpaired) electrons. The predicted molar refractivity (Wildman–Crippen MR) is 53.4 cm³/mol. The third kappa shape index (κ3) is 2.36. The number of carboxylic acid groups (broad SMARTS) is 1. The second-order valence-corrected chi connectivity index (χ2v) is 3.96. The molecule has 14 heavy (non-hydrogen) atoms. The van der Waals surface area contributed by atoms with Crippen molar-refractivity contribution in [2.75, 3.05) is 13.1 Å². The maximum Gasteiger partial charge on any atom is 0.421 e. The van der Waals surface area contributed by atoms with Gasteiger partial charge in [-0.25, -0.2) is 15.6 Å². The summed E-state index contributed by atoms with van der Waals surface area (Å²) in [6.07, 6.45) is -0.0836. The third-order valence-corrected chi connectivity index (χ3v) is 2.66. The van der Waals surface area contributed by atoms with Gasteiger partial charge in [0.1, 0.15) is 0 Å². The second kappa shape index (κ2) is 4.61. The van der Waals surface area contributed by atoms with Gasteiger partial charge in [-0.1, -0.05) is 13.8 Å². The molecule has 1 aliphatic rings. The summed E-state index contributed by atoms with van der Waals surface area (Å²) >= 11 is 0. The molecule has 0 bridgehead atoms. The Morgan fingerprint density at radius 2 is 2.29 bits per heavy atom. The van der Waals surface area contributed by atoms with E-state index in [9.17, 15) is 4.79 Å². The van der Waals surface area contributed by atoms with Crippen LogP contribution in [0, 0.1) is 11.8 Å². The van der Waals surface area contributed by atoms with E-state index >= 15 is 0 Å². The molecule has 1 unspecified atom stereocenters. The van der Waals surface area contributed by atoms with Gasteiger partial charge in [0.25, 0.3) is 0 Å². The third-order valence-electron chi connectivity index (χ3n) is 2.66. The lowest BCUT2D eigenvalue weighted by Gasteiger charge is -2.32.